The van der Waals surface area contributed by atoms with Gasteiger partial charge in [0.05, 0.1) is 24.2 Å². The number of amides is 2. The van der Waals surface area contributed by atoms with Gasteiger partial charge in [-0.15, -0.1) is 11.3 Å². The van der Waals surface area contributed by atoms with Crippen LogP contribution in [0.1, 0.15) is 41.3 Å². The lowest BCUT2D eigenvalue weighted by molar-refractivity contribution is -0.133. The third-order valence-electron chi connectivity index (χ3n) is 6.62. The molecule has 10 heteroatoms. The Morgan fingerprint density at radius 3 is 2.92 bits per heavy atom. The van der Waals surface area contributed by atoms with Gasteiger partial charge in [-0.3, -0.25) is 14.6 Å². The van der Waals surface area contributed by atoms with Crippen LogP contribution in [0.25, 0.3) is 10.2 Å². The minimum absolute atomic E-state index is 0.000526. The third kappa shape index (κ3) is 4.77. The Morgan fingerprint density at radius 1 is 1.25 bits per heavy atom. The lowest BCUT2D eigenvalue weighted by Gasteiger charge is -2.24. The van der Waals surface area contributed by atoms with Gasteiger partial charge in [0.25, 0.3) is 0 Å². The zero-order chi connectivity index (χ0) is 25.2. The quantitative estimate of drug-likeness (QED) is 0.453. The van der Waals surface area contributed by atoms with E-state index in [2.05, 4.69) is 25.6 Å². The van der Waals surface area contributed by atoms with E-state index in [1.807, 2.05) is 39.4 Å². The van der Waals surface area contributed by atoms with Gasteiger partial charge in [-0.05, 0) is 48.1 Å². The summed E-state index contributed by atoms with van der Waals surface area (Å²) in [7, 11) is 3.63. The van der Waals surface area contributed by atoms with Crippen LogP contribution in [0.3, 0.4) is 0 Å². The Balaban J connectivity index is 1.43. The number of thiophene rings is 1. The molecule has 5 rings (SSSR count). The molecule has 1 aliphatic heterocycles. The van der Waals surface area contributed by atoms with E-state index in [1.165, 1.54) is 10.4 Å². The highest BCUT2D eigenvalue weighted by Gasteiger charge is 2.30. The van der Waals surface area contributed by atoms with Gasteiger partial charge in [0, 0.05) is 37.5 Å². The van der Waals surface area contributed by atoms with Crippen molar-refractivity contribution in [3.05, 3.63) is 40.0 Å². The maximum absolute atomic E-state index is 12.6. The van der Waals surface area contributed by atoms with Crippen molar-refractivity contribution in [1.82, 2.24) is 20.2 Å². The van der Waals surface area contributed by atoms with E-state index in [1.54, 1.807) is 22.6 Å². The second-order valence-electron chi connectivity index (χ2n) is 9.27. The topological polar surface area (TPSA) is 109 Å². The van der Waals surface area contributed by atoms with E-state index in [0.29, 0.717) is 31.9 Å². The average molecular weight is 507 g/mol. The van der Waals surface area contributed by atoms with Gasteiger partial charge in [-0.1, -0.05) is 6.92 Å². The lowest BCUT2D eigenvalue weighted by Crippen LogP contribution is -2.32. The van der Waals surface area contributed by atoms with Crippen molar-refractivity contribution in [2.24, 2.45) is 10.9 Å². The summed E-state index contributed by atoms with van der Waals surface area (Å²) >= 11 is 1.65. The van der Waals surface area contributed by atoms with Crippen LogP contribution in [0.5, 0.6) is 5.75 Å². The minimum atomic E-state index is -0.000526. The number of rotatable bonds is 8. The molecule has 1 aromatic carbocycles. The van der Waals surface area contributed by atoms with Gasteiger partial charge in [0.1, 0.15) is 29.3 Å². The van der Waals surface area contributed by atoms with Crippen LogP contribution in [0, 0.1) is 5.92 Å². The van der Waals surface area contributed by atoms with Gasteiger partial charge in [0.15, 0.2) is 0 Å². The van der Waals surface area contributed by atoms with Crippen molar-refractivity contribution in [1.29, 1.82) is 0 Å². The summed E-state index contributed by atoms with van der Waals surface area (Å²) in [4.78, 5) is 41.5. The molecule has 1 aliphatic carbocycles. The molecular formula is C26H30N6O3S. The second-order valence-corrected chi connectivity index (χ2v) is 10.4. The Kier molecular flexibility index (Phi) is 6.86. The molecule has 1 atom stereocenters. The molecule has 2 aromatic heterocycles. The number of hydrogen-bond donors (Lipinski definition) is 2. The summed E-state index contributed by atoms with van der Waals surface area (Å²) in [5, 5.41) is 7.36. The highest BCUT2D eigenvalue weighted by Crippen LogP contribution is 2.42. The van der Waals surface area contributed by atoms with Crippen molar-refractivity contribution in [2.75, 3.05) is 32.6 Å². The van der Waals surface area contributed by atoms with Crippen molar-refractivity contribution < 1.29 is 14.3 Å². The summed E-state index contributed by atoms with van der Waals surface area (Å²) in [5.41, 5.74) is 4.17. The largest absolute Gasteiger partial charge is 0.490 e. The molecule has 36 heavy (non-hydrogen) atoms. The van der Waals surface area contributed by atoms with Crippen LogP contribution in [0.15, 0.2) is 23.5 Å². The molecule has 2 N–H and O–H groups in total. The van der Waals surface area contributed by atoms with Gasteiger partial charge < -0.3 is 20.3 Å². The smallest absolute Gasteiger partial charge is 0.225 e. The fourth-order valence-electron chi connectivity index (χ4n) is 4.74. The highest BCUT2D eigenvalue weighted by molar-refractivity contribution is 7.19. The minimum Gasteiger partial charge on any atom is -0.490 e. The van der Waals surface area contributed by atoms with Crippen LogP contribution >= 0.6 is 11.3 Å². The third-order valence-corrected chi connectivity index (χ3v) is 7.79. The van der Waals surface area contributed by atoms with E-state index in [-0.39, 0.29) is 17.7 Å². The number of nitrogens with zero attached hydrogens (tertiary/aromatic N) is 4. The number of nitrogens with one attached hydrogen (secondary N) is 2. The summed E-state index contributed by atoms with van der Waals surface area (Å²) in [5.74, 6) is 1.61. The summed E-state index contributed by atoms with van der Waals surface area (Å²) < 4.78 is 6.08. The van der Waals surface area contributed by atoms with Gasteiger partial charge in [-0.2, -0.15) is 0 Å². The van der Waals surface area contributed by atoms with Crippen molar-refractivity contribution in [3.8, 4) is 5.75 Å². The monoisotopic (exact) mass is 506 g/mol. The van der Waals surface area contributed by atoms with E-state index in [9.17, 15) is 9.59 Å². The van der Waals surface area contributed by atoms with Crippen LogP contribution in [-0.2, 0) is 29.0 Å². The first-order valence-corrected chi connectivity index (χ1v) is 13.1. The number of aromatic nitrogens is 2. The number of carbonyl (C=O) groups excluding carboxylic acids is 2. The lowest BCUT2D eigenvalue weighted by atomic mass is 9.87. The normalized spacial score (nSPS) is 15.9. The Bertz CT molecular complexity index is 1350. The molecule has 2 aliphatic rings. The average Bonchev–Trinajstić information content (AvgIpc) is 3.49. The Morgan fingerprint density at radius 2 is 2.11 bits per heavy atom. The van der Waals surface area contributed by atoms with E-state index >= 15 is 0 Å². The SMILES string of the molecule is CCC(=O)NCCOc1cc2c(cc1Nc1ncnc3sc4c(c13)CC[C@H](C(=O)N(C)C)C4)C=NC2. The second kappa shape index (κ2) is 10.2. The first-order valence-electron chi connectivity index (χ1n) is 12.2. The number of carbonyl (C=O) groups is 2. The number of ether oxygens (including phenoxy) is 1. The molecule has 188 valence electrons. The highest BCUT2D eigenvalue weighted by atomic mass is 32.1. The zero-order valence-corrected chi connectivity index (χ0v) is 21.6. The summed E-state index contributed by atoms with van der Waals surface area (Å²) in [6.45, 7) is 3.24. The van der Waals surface area contributed by atoms with Crippen molar-refractivity contribution in [2.45, 2.75) is 39.2 Å². The molecule has 3 heterocycles. The molecule has 0 radical (unpaired) electrons. The standard InChI is InChI=1S/C26H30N6O3S/c1-4-22(33)28-7-8-35-20-10-17-13-27-12-16(17)9-19(20)31-24-23-18-6-5-15(26(34)32(2)3)11-21(18)36-25(23)30-14-29-24/h9-10,12,14-15H,4-8,11,13H2,1-3H3,(H,28,33)(H,29,30,31)/t15-/m0/s1. The number of aryl methyl sites for hydroxylation is 1. The van der Waals surface area contributed by atoms with Crippen molar-refractivity contribution in [3.63, 3.8) is 0 Å². The predicted octanol–water partition coefficient (Wildman–Crippen LogP) is 3.47. The number of anilines is 2. The van der Waals surface area contributed by atoms with Crippen LogP contribution in [0.4, 0.5) is 11.5 Å². The van der Waals surface area contributed by atoms with Gasteiger partial charge >= 0.3 is 0 Å². The van der Waals surface area contributed by atoms with Crippen molar-refractivity contribution >= 4 is 51.1 Å². The zero-order valence-electron chi connectivity index (χ0n) is 20.8. The maximum atomic E-state index is 12.6. The van der Waals surface area contributed by atoms with Gasteiger partial charge in [0.2, 0.25) is 11.8 Å². The molecule has 3 aromatic rings. The number of hydrogen-bond acceptors (Lipinski definition) is 8. The molecular weight excluding hydrogens is 476 g/mol. The first-order chi connectivity index (χ1) is 17.4. The molecule has 0 spiro atoms. The first kappa shape index (κ1) is 24.2. The van der Waals surface area contributed by atoms with E-state index in [4.69, 9.17) is 4.74 Å². The van der Waals surface area contributed by atoms with E-state index in [0.717, 1.165) is 52.1 Å². The molecule has 2 amide bonds. The van der Waals surface area contributed by atoms with Crippen LogP contribution in [-0.4, -0.2) is 60.1 Å². The molecule has 0 bridgehead atoms. The van der Waals surface area contributed by atoms with E-state index < -0.39 is 0 Å². The van der Waals surface area contributed by atoms with Crippen LogP contribution in [0.2, 0.25) is 0 Å². The predicted molar refractivity (Wildman–Crippen MR) is 141 cm³/mol. The molecule has 0 fully saturated rings. The maximum Gasteiger partial charge on any atom is 0.225 e. The molecule has 0 saturated heterocycles. The Hall–Kier alpha value is -3.53. The number of aliphatic imine (C=N–C) groups is 1. The van der Waals surface area contributed by atoms with Crippen LogP contribution < -0.4 is 15.4 Å². The molecule has 0 saturated carbocycles. The Labute approximate surface area is 214 Å². The van der Waals surface area contributed by atoms with Gasteiger partial charge in [-0.25, -0.2) is 9.97 Å². The molecule has 9 nitrogen and oxygen atoms in total. The summed E-state index contributed by atoms with van der Waals surface area (Å²) in [6.07, 6.45) is 6.26. The number of fused-ring (bicyclic) bond motifs is 4. The summed E-state index contributed by atoms with van der Waals surface area (Å²) in [6, 6.07) is 4.04. The number of benzene rings is 1. The molecule has 0 unspecified atom stereocenters. The fourth-order valence-corrected chi connectivity index (χ4v) is 6.01. The fraction of sp³-hybridized carbons (Fsp3) is 0.423.